The third-order valence-corrected chi connectivity index (χ3v) is 3.79. The monoisotopic (exact) mass is 396 g/mol. The van der Waals surface area contributed by atoms with Crippen LogP contribution in [0, 0.1) is 0 Å². The lowest BCUT2D eigenvalue weighted by atomic mass is 10.0. The summed E-state index contributed by atoms with van der Waals surface area (Å²) in [4.78, 5) is 15.8. The second-order valence-corrected chi connectivity index (χ2v) is 5.77. The number of rotatable bonds is 4. The van der Waals surface area contributed by atoms with Crippen molar-refractivity contribution in [3.05, 3.63) is 52.8 Å². The quantitative estimate of drug-likeness (QED) is 0.522. The minimum Gasteiger partial charge on any atom is -0.461 e. The van der Waals surface area contributed by atoms with Crippen molar-refractivity contribution in [3.8, 4) is 22.5 Å². The number of nitrogens with one attached hydrogen (secondary N) is 1. The van der Waals surface area contributed by atoms with E-state index in [1.807, 2.05) is 0 Å². The van der Waals surface area contributed by atoms with Crippen molar-refractivity contribution >= 4 is 17.6 Å². The van der Waals surface area contributed by atoms with Crippen molar-refractivity contribution in [2.45, 2.75) is 13.1 Å². The largest absolute Gasteiger partial charge is 0.461 e. The van der Waals surface area contributed by atoms with Crippen LogP contribution in [-0.2, 0) is 10.9 Å². The van der Waals surface area contributed by atoms with E-state index in [0.717, 1.165) is 12.1 Å². The molecule has 10 heteroatoms. The van der Waals surface area contributed by atoms with Gasteiger partial charge in [0.05, 0.1) is 17.9 Å². The predicted octanol–water partition coefficient (Wildman–Crippen LogP) is 4.38. The molecule has 0 unspecified atom stereocenters. The van der Waals surface area contributed by atoms with E-state index in [0.29, 0.717) is 11.1 Å². The number of alkyl halides is 3. The van der Waals surface area contributed by atoms with Crippen LogP contribution in [0.5, 0.6) is 0 Å². The van der Waals surface area contributed by atoms with E-state index in [1.165, 1.54) is 0 Å². The van der Waals surface area contributed by atoms with Gasteiger partial charge in [0.1, 0.15) is 10.8 Å². The van der Waals surface area contributed by atoms with Crippen LogP contribution in [0.15, 0.2) is 36.4 Å². The molecule has 3 aromatic rings. The fourth-order valence-corrected chi connectivity index (χ4v) is 2.59. The number of halogens is 4. The lowest BCUT2D eigenvalue weighted by Crippen LogP contribution is -2.06. The Morgan fingerprint density at radius 2 is 1.81 bits per heavy atom. The van der Waals surface area contributed by atoms with Gasteiger partial charge < -0.3 is 4.74 Å². The average Bonchev–Trinajstić information content (AvgIpc) is 3.11. The van der Waals surface area contributed by atoms with Gasteiger partial charge in [0.2, 0.25) is 0 Å². The molecule has 0 saturated carbocycles. The number of benzene rings is 1. The van der Waals surface area contributed by atoms with E-state index in [4.69, 9.17) is 16.3 Å². The van der Waals surface area contributed by atoms with Gasteiger partial charge in [-0.15, -0.1) is 5.10 Å². The topological polar surface area (TPSA) is 80.8 Å². The summed E-state index contributed by atoms with van der Waals surface area (Å²) < 4.78 is 43.7. The number of hydrogen-bond acceptors (Lipinski definition) is 5. The summed E-state index contributed by atoms with van der Waals surface area (Å²) in [6, 6.07) is 7.97. The van der Waals surface area contributed by atoms with Crippen molar-refractivity contribution in [3.63, 3.8) is 0 Å². The molecule has 0 aliphatic heterocycles. The highest BCUT2D eigenvalue weighted by atomic mass is 35.5. The molecule has 0 radical (unpaired) electrons. The molecule has 3 rings (SSSR count). The second-order valence-electron chi connectivity index (χ2n) is 5.38. The molecule has 0 saturated heterocycles. The molecular formula is C17H12ClF3N4O2. The summed E-state index contributed by atoms with van der Waals surface area (Å²) in [5, 5.41) is 9.81. The maximum Gasteiger partial charge on any atom is 0.416 e. The SMILES string of the molecule is CCOC(=O)c1n[nH]nc1-c1ccc(-c2cc(C(F)(F)F)cc(Cl)n2)cc1. The van der Waals surface area contributed by atoms with Crippen LogP contribution < -0.4 is 0 Å². The number of carbonyl (C=O) groups excluding carboxylic acids is 1. The molecule has 0 bridgehead atoms. The van der Waals surface area contributed by atoms with E-state index in [9.17, 15) is 18.0 Å². The first-order chi connectivity index (χ1) is 12.8. The van der Waals surface area contributed by atoms with Gasteiger partial charge in [-0.1, -0.05) is 35.9 Å². The van der Waals surface area contributed by atoms with Crippen molar-refractivity contribution < 1.29 is 22.7 Å². The zero-order valence-corrected chi connectivity index (χ0v) is 14.6. The zero-order valence-electron chi connectivity index (χ0n) is 13.8. The van der Waals surface area contributed by atoms with Gasteiger partial charge >= 0.3 is 12.1 Å². The van der Waals surface area contributed by atoms with Gasteiger partial charge in [0.15, 0.2) is 5.69 Å². The first-order valence-electron chi connectivity index (χ1n) is 7.73. The third kappa shape index (κ3) is 4.08. The number of carbonyl (C=O) groups is 1. The van der Waals surface area contributed by atoms with Crippen LogP contribution in [0.2, 0.25) is 5.15 Å². The normalized spacial score (nSPS) is 11.4. The Kier molecular flexibility index (Phi) is 5.13. The standard InChI is InChI=1S/C17H12ClF3N4O2/c1-2-27-16(26)15-14(23-25-24-15)10-5-3-9(4-6-10)12-7-11(17(19,20)21)8-13(18)22-12/h3-8H,2H2,1H3,(H,23,24,25). The Morgan fingerprint density at radius 1 is 1.15 bits per heavy atom. The number of H-pyrrole nitrogens is 1. The van der Waals surface area contributed by atoms with Gasteiger partial charge in [-0.25, -0.2) is 9.78 Å². The molecule has 2 aromatic heterocycles. The Bertz CT molecular complexity index is 971. The van der Waals surface area contributed by atoms with Crippen LogP contribution >= 0.6 is 11.6 Å². The van der Waals surface area contributed by atoms with E-state index in [2.05, 4.69) is 20.4 Å². The van der Waals surface area contributed by atoms with Gasteiger partial charge in [-0.3, -0.25) is 0 Å². The molecule has 0 fully saturated rings. The highest BCUT2D eigenvalue weighted by Gasteiger charge is 2.31. The highest BCUT2D eigenvalue weighted by molar-refractivity contribution is 6.29. The van der Waals surface area contributed by atoms with Gasteiger partial charge in [-0.2, -0.15) is 23.5 Å². The van der Waals surface area contributed by atoms with Crippen LogP contribution in [0.3, 0.4) is 0 Å². The zero-order chi connectivity index (χ0) is 19.6. The maximum atomic E-state index is 12.9. The van der Waals surface area contributed by atoms with Crippen molar-refractivity contribution in [2.24, 2.45) is 0 Å². The minimum atomic E-state index is -4.53. The summed E-state index contributed by atoms with van der Waals surface area (Å²) in [6.07, 6.45) is -4.53. The molecule has 0 aliphatic rings. The molecule has 1 N–H and O–H groups in total. The summed E-state index contributed by atoms with van der Waals surface area (Å²) >= 11 is 5.72. The number of pyridine rings is 1. The van der Waals surface area contributed by atoms with Gasteiger partial charge in [0, 0.05) is 11.1 Å². The lowest BCUT2D eigenvalue weighted by molar-refractivity contribution is -0.137. The summed E-state index contributed by atoms with van der Waals surface area (Å²) in [5.41, 5.74) is 0.441. The summed E-state index contributed by atoms with van der Waals surface area (Å²) in [6.45, 7) is 1.85. The molecule has 0 amide bonds. The Labute approximate surface area is 156 Å². The molecule has 0 spiro atoms. The van der Waals surface area contributed by atoms with Crippen LogP contribution in [0.25, 0.3) is 22.5 Å². The van der Waals surface area contributed by atoms with E-state index < -0.39 is 17.7 Å². The van der Waals surface area contributed by atoms with Crippen molar-refractivity contribution in [2.75, 3.05) is 6.61 Å². The molecule has 140 valence electrons. The van der Waals surface area contributed by atoms with Gasteiger partial charge in [-0.05, 0) is 19.1 Å². The lowest BCUT2D eigenvalue weighted by Gasteiger charge is -2.09. The number of nitrogens with zero attached hydrogens (tertiary/aromatic N) is 3. The fraction of sp³-hybridized carbons (Fsp3) is 0.176. The Morgan fingerprint density at radius 3 is 2.44 bits per heavy atom. The summed E-state index contributed by atoms with van der Waals surface area (Å²) in [5.74, 6) is -0.628. The van der Waals surface area contributed by atoms with Gasteiger partial charge in [0.25, 0.3) is 0 Å². The summed E-state index contributed by atoms with van der Waals surface area (Å²) in [7, 11) is 0. The molecule has 27 heavy (non-hydrogen) atoms. The number of ether oxygens (including phenoxy) is 1. The van der Waals surface area contributed by atoms with E-state index >= 15 is 0 Å². The molecule has 0 atom stereocenters. The maximum absolute atomic E-state index is 12.9. The molecule has 6 nitrogen and oxygen atoms in total. The highest BCUT2D eigenvalue weighted by Crippen LogP contribution is 2.33. The van der Waals surface area contributed by atoms with Crippen molar-refractivity contribution in [1.82, 2.24) is 20.4 Å². The third-order valence-electron chi connectivity index (χ3n) is 3.59. The number of aromatic nitrogens is 4. The van der Waals surface area contributed by atoms with E-state index in [-0.39, 0.29) is 28.8 Å². The molecule has 2 heterocycles. The fourth-order valence-electron chi connectivity index (χ4n) is 2.38. The molecular weight excluding hydrogens is 385 g/mol. The Balaban J connectivity index is 1.95. The minimum absolute atomic E-state index is 0.0184. The van der Waals surface area contributed by atoms with E-state index in [1.54, 1.807) is 31.2 Å². The first kappa shape index (κ1) is 18.8. The van der Waals surface area contributed by atoms with Crippen LogP contribution in [0.1, 0.15) is 23.0 Å². The second kappa shape index (κ2) is 7.36. The molecule has 0 aliphatic carbocycles. The smallest absolute Gasteiger partial charge is 0.416 e. The number of hydrogen-bond donors (Lipinski definition) is 1. The number of esters is 1. The average molecular weight is 397 g/mol. The predicted molar refractivity (Wildman–Crippen MR) is 91.0 cm³/mol. The van der Waals surface area contributed by atoms with Crippen molar-refractivity contribution in [1.29, 1.82) is 0 Å². The first-order valence-corrected chi connectivity index (χ1v) is 8.11. The number of aromatic amines is 1. The molecule has 1 aromatic carbocycles. The van der Waals surface area contributed by atoms with Crippen LogP contribution in [-0.4, -0.2) is 33.0 Å². The Hall–Kier alpha value is -2.94. The van der Waals surface area contributed by atoms with Crippen LogP contribution in [0.4, 0.5) is 13.2 Å².